The van der Waals surface area contributed by atoms with E-state index in [4.69, 9.17) is 0 Å². The van der Waals surface area contributed by atoms with Crippen LogP contribution in [-0.4, -0.2) is 0 Å². The van der Waals surface area contributed by atoms with Crippen LogP contribution < -0.4 is 4.90 Å². The van der Waals surface area contributed by atoms with E-state index >= 15 is 0 Å². The van der Waals surface area contributed by atoms with Gasteiger partial charge in [-0.05, 0) is 97.1 Å². The van der Waals surface area contributed by atoms with Crippen LogP contribution in [0.4, 0.5) is 17.1 Å². The van der Waals surface area contributed by atoms with Gasteiger partial charge in [0.1, 0.15) is 0 Å². The Balaban J connectivity index is 1.15. The summed E-state index contributed by atoms with van der Waals surface area (Å²) in [5.41, 5.74) is 13.1. The van der Waals surface area contributed by atoms with E-state index in [1.807, 2.05) is 0 Å². The van der Waals surface area contributed by atoms with Gasteiger partial charge in [-0.3, -0.25) is 0 Å². The SMILES string of the molecule is c1ccc(-c2ccc(N(c3ccc(-c4ccc(-c5ccccc5)c(-c5cccc6ccccc56)c4)cc3)c3cccc4ccccc34)cc2)cc1. The minimum Gasteiger partial charge on any atom is -0.310 e. The van der Waals surface area contributed by atoms with Crippen molar-refractivity contribution in [1.82, 2.24) is 0 Å². The Hall–Kier alpha value is -6.70. The van der Waals surface area contributed by atoms with Crippen LogP contribution in [0.15, 0.2) is 212 Å². The van der Waals surface area contributed by atoms with Crippen molar-refractivity contribution in [2.75, 3.05) is 4.90 Å². The van der Waals surface area contributed by atoms with Crippen molar-refractivity contribution >= 4 is 38.6 Å². The molecule has 0 saturated carbocycles. The summed E-state index contributed by atoms with van der Waals surface area (Å²) < 4.78 is 0. The summed E-state index contributed by atoms with van der Waals surface area (Å²) in [4.78, 5) is 2.38. The molecule has 9 aromatic rings. The molecule has 0 saturated heterocycles. The highest BCUT2D eigenvalue weighted by Crippen LogP contribution is 2.42. The van der Waals surface area contributed by atoms with Crippen LogP contribution in [0.2, 0.25) is 0 Å². The van der Waals surface area contributed by atoms with Crippen molar-refractivity contribution in [3.63, 3.8) is 0 Å². The van der Waals surface area contributed by atoms with E-state index in [-0.39, 0.29) is 0 Å². The maximum atomic E-state index is 2.38. The lowest BCUT2D eigenvalue weighted by Crippen LogP contribution is -2.10. The zero-order chi connectivity index (χ0) is 34.0. The van der Waals surface area contributed by atoms with Gasteiger partial charge in [0, 0.05) is 16.8 Å². The molecule has 0 aliphatic heterocycles. The van der Waals surface area contributed by atoms with Crippen LogP contribution in [-0.2, 0) is 0 Å². The number of hydrogen-bond donors (Lipinski definition) is 0. The van der Waals surface area contributed by atoms with Crippen LogP contribution >= 0.6 is 0 Å². The van der Waals surface area contributed by atoms with E-state index in [1.165, 1.54) is 66.1 Å². The topological polar surface area (TPSA) is 3.24 Å². The van der Waals surface area contributed by atoms with Crippen LogP contribution in [0, 0.1) is 0 Å². The molecule has 0 aliphatic rings. The fraction of sp³-hybridized carbons (Fsp3) is 0. The van der Waals surface area contributed by atoms with E-state index in [0.717, 1.165) is 17.1 Å². The molecule has 0 bridgehead atoms. The van der Waals surface area contributed by atoms with Crippen molar-refractivity contribution in [3.8, 4) is 44.5 Å². The van der Waals surface area contributed by atoms with Crippen LogP contribution in [0.25, 0.3) is 66.1 Å². The summed E-state index contributed by atoms with van der Waals surface area (Å²) in [5.74, 6) is 0. The maximum Gasteiger partial charge on any atom is 0.0540 e. The third kappa shape index (κ3) is 5.86. The maximum absolute atomic E-state index is 2.38. The highest BCUT2D eigenvalue weighted by Gasteiger charge is 2.17. The second-order valence-corrected chi connectivity index (χ2v) is 12.9. The number of anilines is 3. The molecule has 0 heterocycles. The zero-order valence-corrected chi connectivity index (χ0v) is 28.2. The van der Waals surface area contributed by atoms with Crippen molar-refractivity contribution in [2.24, 2.45) is 0 Å². The molecule has 240 valence electrons. The molecule has 1 nitrogen and oxygen atoms in total. The lowest BCUT2D eigenvalue weighted by atomic mass is 9.89. The molecule has 1 heteroatoms. The first-order valence-electron chi connectivity index (χ1n) is 17.5. The van der Waals surface area contributed by atoms with E-state index in [1.54, 1.807) is 0 Å². The first-order chi connectivity index (χ1) is 25.3. The second kappa shape index (κ2) is 13.3. The monoisotopic (exact) mass is 649 g/mol. The number of benzene rings is 9. The highest BCUT2D eigenvalue weighted by atomic mass is 15.1. The molecule has 0 radical (unpaired) electrons. The van der Waals surface area contributed by atoms with Gasteiger partial charge in [-0.1, -0.05) is 176 Å². The lowest BCUT2D eigenvalue weighted by Gasteiger charge is -2.27. The van der Waals surface area contributed by atoms with Gasteiger partial charge in [0.2, 0.25) is 0 Å². The van der Waals surface area contributed by atoms with Gasteiger partial charge in [0.25, 0.3) is 0 Å². The molecule has 0 N–H and O–H groups in total. The molecule has 0 atom stereocenters. The molecule has 9 rings (SSSR count). The van der Waals surface area contributed by atoms with E-state index in [0.29, 0.717) is 0 Å². The largest absolute Gasteiger partial charge is 0.310 e. The lowest BCUT2D eigenvalue weighted by molar-refractivity contribution is 1.30. The van der Waals surface area contributed by atoms with E-state index in [9.17, 15) is 0 Å². The third-order valence-corrected chi connectivity index (χ3v) is 9.88. The molecule has 0 unspecified atom stereocenters. The van der Waals surface area contributed by atoms with E-state index in [2.05, 4.69) is 217 Å². The first-order valence-corrected chi connectivity index (χ1v) is 17.5. The molecule has 0 fully saturated rings. The number of fused-ring (bicyclic) bond motifs is 2. The number of hydrogen-bond acceptors (Lipinski definition) is 1. The average Bonchev–Trinajstić information content (AvgIpc) is 3.22. The predicted octanol–water partition coefficient (Wildman–Crippen LogP) is 14.1. The average molecular weight is 650 g/mol. The molecule has 0 aliphatic carbocycles. The molecule has 0 aromatic heterocycles. The minimum atomic E-state index is 1.11. The number of rotatable bonds is 7. The van der Waals surface area contributed by atoms with Crippen molar-refractivity contribution in [1.29, 1.82) is 0 Å². The fourth-order valence-electron chi connectivity index (χ4n) is 7.34. The fourth-order valence-corrected chi connectivity index (χ4v) is 7.34. The van der Waals surface area contributed by atoms with Gasteiger partial charge in [0.05, 0.1) is 5.69 Å². The summed E-state index contributed by atoms with van der Waals surface area (Å²) in [5, 5.41) is 4.94. The summed E-state index contributed by atoms with van der Waals surface area (Å²) in [6, 6.07) is 76.6. The van der Waals surface area contributed by atoms with Gasteiger partial charge < -0.3 is 4.90 Å². The molecular formula is C50H35N. The Morgan fingerprint density at radius 1 is 0.255 bits per heavy atom. The minimum absolute atomic E-state index is 1.11. The summed E-state index contributed by atoms with van der Waals surface area (Å²) in [7, 11) is 0. The van der Waals surface area contributed by atoms with Gasteiger partial charge in [-0.15, -0.1) is 0 Å². The molecule has 0 amide bonds. The Labute approximate surface area is 299 Å². The van der Waals surface area contributed by atoms with Gasteiger partial charge in [-0.25, -0.2) is 0 Å². The van der Waals surface area contributed by atoms with Crippen LogP contribution in [0.1, 0.15) is 0 Å². The number of nitrogens with zero attached hydrogens (tertiary/aromatic N) is 1. The van der Waals surface area contributed by atoms with Crippen molar-refractivity contribution in [2.45, 2.75) is 0 Å². The molecule has 9 aromatic carbocycles. The van der Waals surface area contributed by atoms with Crippen molar-refractivity contribution < 1.29 is 0 Å². The third-order valence-electron chi connectivity index (χ3n) is 9.88. The van der Waals surface area contributed by atoms with Gasteiger partial charge in [-0.2, -0.15) is 0 Å². The Morgan fingerprint density at radius 3 is 1.39 bits per heavy atom. The zero-order valence-electron chi connectivity index (χ0n) is 28.2. The first kappa shape index (κ1) is 30.4. The predicted molar refractivity (Wildman–Crippen MR) is 218 cm³/mol. The van der Waals surface area contributed by atoms with Crippen LogP contribution in [0.3, 0.4) is 0 Å². The smallest absolute Gasteiger partial charge is 0.0540 e. The van der Waals surface area contributed by atoms with Gasteiger partial charge in [0.15, 0.2) is 0 Å². The quantitative estimate of drug-likeness (QED) is 0.166. The van der Waals surface area contributed by atoms with E-state index < -0.39 is 0 Å². The summed E-state index contributed by atoms with van der Waals surface area (Å²) in [6.07, 6.45) is 0. The summed E-state index contributed by atoms with van der Waals surface area (Å²) in [6.45, 7) is 0. The summed E-state index contributed by atoms with van der Waals surface area (Å²) >= 11 is 0. The normalized spacial score (nSPS) is 11.1. The molecule has 51 heavy (non-hydrogen) atoms. The Morgan fingerprint density at radius 2 is 0.725 bits per heavy atom. The van der Waals surface area contributed by atoms with Crippen LogP contribution in [0.5, 0.6) is 0 Å². The standard InChI is InChI=1S/C50H35N/c1-3-13-36(14-4-1)37-25-30-43(31-26-37)51(50-24-12-20-41-18-8-10-22-47(41)50)44-32-27-38(28-33-44)42-29-34-46(39-15-5-2-6-16-39)49(35-42)48-23-11-19-40-17-7-9-21-45(40)48/h1-35H. The highest BCUT2D eigenvalue weighted by molar-refractivity contribution is 6.02. The molecular weight excluding hydrogens is 615 g/mol. The second-order valence-electron chi connectivity index (χ2n) is 12.9. The Bertz CT molecular complexity index is 2590. The van der Waals surface area contributed by atoms with Crippen molar-refractivity contribution in [3.05, 3.63) is 212 Å². The van der Waals surface area contributed by atoms with Gasteiger partial charge >= 0.3 is 0 Å². The Kier molecular flexibility index (Phi) is 7.92. The molecule has 0 spiro atoms.